The molecule has 1 atom stereocenters. The number of aryl methyl sites for hydroxylation is 1. The fourth-order valence-electron chi connectivity index (χ4n) is 4.11. The lowest BCUT2D eigenvalue weighted by molar-refractivity contribution is -0.135. The van der Waals surface area contributed by atoms with E-state index in [0.717, 1.165) is 31.4 Å². The molecule has 1 N–H and O–H groups in total. The van der Waals surface area contributed by atoms with Gasteiger partial charge in [-0.3, -0.25) is 4.79 Å². The molecule has 0 saturated heterocycles. The molecule has 1 aromatic carbocycles. The van der Waals surface area contributed by atoms with Crippen LogP contribution in [0.2, 0.25) is 0 Å². The van der Waals surface area contributed by atoms with Crippen molar-refractivity contribution in [2.75, 3.05) is 32.8 Å². The van der Waals surface area contributed by atoms with Crippen LogP contribution in [0.5, 0.6) is 5.75 Å². The van der Waals surface area contributed by atoms with E-state index in [0.29, 0.717) is 32.2 Å². The van der Waals surface area contributed by atoms with E-state index in [9.17, 15) is 9.59 Å². The third-order valence-corrected chi connectivity index (χ3v) is 7.16. The van der Waals surface area contributed by atoms with Gasteiger partial charge in [0.2, 0.25) is 5.91 Å². The van der Waals surface area contributed by atoms with E-state index >= 15 is 0 Å². The van der Waals surface area contributed by atoms with E-state index < -0.39 is 0 Å². The lowest BCUT2D eigenvalue weighted by Gasteiger charge is -2.37. The van der Waals surface area contributed by atoms with E-state index in [2.05, 4.69) is 16.8 Å². The molecule has 2 aliphatic rings. The highest BCUT2D eigenvalue weighted by Gasteiger charge is 2.35. The molecule has 172 valence electrons. The van der Waals surface area contributed by atoms with Gasteiger partial charge < -0.3 is 19.9 Å². The molecule has 1 saturated carbocycles. The first-order valence-electron chi connectivity index (χ1n) is 11.6. The maximum atomic E-state index is 13.4. The summed E-state index contributed by atoms with van der Waals surface area (Å²) < 4.78 is 6.11. The van der Waals surface area contributed by atoms with Crippen molar-refractivity contribution < 1.29 is 14.3 Å². The van der Waals surface area contributed by atoms with E-state index in [1.807, 2.05) is 43.0 Å². The number of nitrogens with zero attached hydrogens (tertiary/aromatic N) is 2. The molecule has 6 nitrogen and oxygen atoms in total. The van der Waals surface area contributed by atoms with Gasteiger partial charge in [-0.05, 0) is 67.7 Å². The van der Waals surface area contributed by atoms with E-state index in [1.165, 1.54) is 16.0 Å². The summed E-state index contributed by atoms with van der Waals surface area (Å²) in [5.41, 5.74) is 2.36. The Hall–Kier alpha value is -2.54. The molecule has 2 heterocycles. The molecule has 32 heavy (non-hydrogen) atoms. The predicted octanol–water partition coefficient (Wildman–Crippen LogP) is 4.39. The van der Waals surface area contributed by atoms with Crippen LogP contribution in [-0.4, -0.2) is 54.5 Å². The molecule has 0 unspecified atom stereocenters. The lowest BCUT2D eigenvalue weighted by Crippen LogP contribution is -2.50. The molecule has 0 spiro atoms. The van der Waals surface area contributed by atoms with Crippen LogP contribution in [-0.2, 0) is 11.2 Å². The largest absolute Gasteiger partial charge is 0.491 e. The number of nitrogens with one attached hydrogen (secondary N) is 1. The number of hydrogen-bond donors (Lipinski definition) is 1. The van der Waals surface area contributed by atoms with Gasteiger partial charge in [0.15, 0.2) is 0 Å². The normalized spacial score (nSPS) is 17.6. The third-order valence-electron chi connectivity index (χ3n) is 6.16. The van der Waals surface area contributed by atoms with Crippen molar-refractivity contribution >= 4 is 23.3 Å². The molecule has 3 amide bonds. The van der Waals surface area contributed by atoms with E-state index in [4.69, 9.17) is 4.74 Å². The fourth-order valence-corrected chi connectivity index (χ4v) is 5.04. The van der Waals surface area contributed by atoms with Gasteiger partial charge in [0.25, 0.3) is 0 Å². The smallest absolute Gasteiger partial charge is 0.317 e. The number of carbonyl (C=O) groups is 2. The van der Waals surface area contributed by atoms with Crippen molar-refractivity contribution in [3.8, 4) is 5.75 Å². The van der Waals surface area contributed by atoms with E-state index in [-0.39, 0.29) is 24.5 Å². The number of amides is 3. The Morgan fingerprint density at radius 1 is 1.22 bits per heavy atom. The first-order valence-corrected chi connectivity index (χ1v) is 12.5. The van der Waals surface area contributed by atoms with E-state index in [1.54, 1.807) is 16.2 Å². The molecular weight excluding hydrogens is 422 g/mol. The zero-order chi connectivity index (χ0) is 22.5. The minimum Gasteiger partial charge on any atom is -0.491 e. The Morgan fingerprint density at radius 3 is 2.72 bits per heavy atom. The zero-order valence-corrected chi connectivity index (χ0v) is 19.8. The molecule has 2 aromatic rings. The lowest BCUT2D eigenvalue weighted by atomic mass is 10.0. The van der Waals surface area contributed by atoms with Gasteiger partial charge in [0, 0.05) is 24.5 Å². The second-order valence-corrected chi connectivity index (χ2v) is 9.83. The highest BCUT2D eigenvalue weighted by Crippen LogP contribution is 2.34. The Labute approximate surface area is 194 Å². The van der Waals surface area contributed by atoms with Crippen LogP contribution < -0.4 is 10.1 Å². The third kappa shape index (κ3) is 5.63. The van der Waals surface area contributed by atoms with Crippen LogP contribution in [0, 0.1) is 12.8 Å². The monoisotopic (exact) mass is 455 g/mol. The SMILES string of the molecule is CCCNC(=O)N(CC(=O)N1CCc2sccc2[C@@H]1COc1ccc(C)cc1)CC1CC1. The first-order chi connectivity index (χ1) is 15.5. The standard InChI is InChI=1S/C25H33N3O3S/c1-3-12-26-25(30)27(15-19-6-7-19)16-24(29)28-13-10-23-21(11-14-32-23)22(28)17-31-20-8-4-18(2)5-9-20/h4-5,8-9,11,14,19,22H,3,6-7,10,12-13,15-17H2,1-2H3,(H,26,30)/t22-/m0/s1. The van der Waals surface area contributed by atoms with Crippen molar-refractivity contribution in [1.82, 2.24) is 15.1 Å². The summed E-state index contributed by atoms with van der Waals surface area (Å²) in [5.74, 6) is 1.33. The van der Waals surface area contributed by atoms with Crippen LogP contribution in [0.15, 0.2) is 35.7 Å². The summed E-state index contributed by atoms with van der Waals surface area (Å²) in [6, 6.07) is 9.83. The highest BCUT2D eigenvalue weighted by atomic mass is 32.1. The van der Waals surface area contributed by atoms with Gasteiger partial charge >= 0.3 is 6.03 Å². The second kappa shape index (κ2) is 10.4. The van der Waals surface area contributed by atoms with Gasteiger partial charge in [-0.25, -0.2) is 4.79 Å². The Balaban J connectivity index is 1.46. The number of ether oxygens (including phenoxy) is 1. The predicted molar refractivity (Wildman–Crippen MR) is 127 cm³/mol. The van der Waals surface area contributed by atoms with Gasteiger partial charge in [0.1, 0.15) is 18.9 Å². The molecule has 0 bridgehead atoms. The van der Waals surface area contributed by atoms with Gasteiger partial charge in [-0.2, -0.15) is 0 Å². The molecule has 7 heteroatoms. The maximum Gasteiger partial charge on any atom is 0.317 e. The number of fused-ring (bicyclic) bond motifs is 1. The van der Waals surface area contributed by atoms with Gasteiger partial charge in [0.05, 0.1) is 6.04 Å². The molecule has 0 radical (unpaired) electrons. The minimum atomic E-state index is -0.139. The number of urea groups is 1. The number of rotatable bonds is 9. The highest BCUT2D eigenvalue weighted by molar-refractivity contribution is 7.10. The average Bonchev–Trinajstić information content (AvgIpc) is 3.48. The molecule has 1 aromatic heterocycles. The Kier molecular flexibility index (Phi) is 7.35. The molecule has 1 fully saturated rings. The van der Waals surface area contributed by atoms with Crippen LogP contribution in [0.25, 0.3) is 0 Å². The molecule has 1 aliphatic carbocycles. The van der Waals surface area contributed by atoms with Crippen molar-refractivity contribution in [3.05, 3.63) is 51.7 Å². The van der Waals surface area contributed by atoms with Gasteiger partial charge in [-0.15, -0.1) is 11.3 Å². The van der Waals surface area contributed by atoms with Crippen molar-refractivity contribution in [2.24, 2.45) is 5.92 Å². The number of hydrogen-bond acceptors (Lipinski definition) is 4. The van der Waals surface area contributed by atoms with Crippen molar-refractivity contribution in [2.45, 2.75) is 45.6 Å². The number of carbonyl (C=O) groups excluding carboxylic acids is 2. The van der Waals surface area contributed by atoms with Crippen LogP contribution in [0.4, 0.5) is 4.79 Å². The molecule has 4 rings (SSSR count). The second-order valence-electron chi connectivity index (χ2n) is 8.83. The maximum absolute atomic E-state index is 13.4. The van der Waals surface area contributed by atoms with Crippen molar-refractivity contribution in [3.63, 3.8) is 0 Å². The Morgan fingerprint density at radius 2 is 2.00 bits per heavy atom. The Bertz CT molecular complexity index is 923. The molecular formula is C25H33N3O3S. The van der Waals surface area contributed by atoms with Crippen LogP contribution in [0.1, 0.15) is 48.2 Å². The van der Waals surface area contributed by atoms with Gasteiger partial charge in [-0.1, -0.05) is 24.6 Å². The summed E-state index contributed by atoms with van der Waals surface area (Å²) in [7, 11) is 0. The van der Waals surface area contributed by atoms with Crippen LogP contribution in [0.3, 0.4) is 0 Å². The van der Waals surface area contributed by atoms with Crippen LogP contribution >= 0.6 is 11.3 Å². The van der Waals surface area contributed by atoms with Crippen molar-refractivity contribution in [1.29, 1.82) is 0 Å². The quantitative estimate of drug-likeness (QED) is 0.610. The molecule has 1 aliphatic heterocycles. The summed E-state index contributed by atoms with van der Waals surface area (Å²) in [6.07, 6.45) is 4.01. The average molecular weight is 456 g/mol. The number of thiophene rings is 1. The fraction of sp³-hybridized carbons (Fsp3) is 0.520. The summed E-state index contributed by atoms with van der Waals surface area (Å²) in [4.78, 5) is 31.1. The first kappa shape index (κ1) is 22.6. The zero-order valence-electron chi connectivity index (χ0n) is 19.0. The summed E-state index contributed by atoms with van der Waals surface area (Å²) in [6.45, 7) is 6.54. The summed E-state index contributed by atoms with van der Waals surface area (Å²) >= 11 is 1.74. The topological polar surface area (TPSA) is 61.9 Å². The summed E-state index contributed by atoms with van der Waals surface area (Å²) in [5, 5.41) is 5.03. The number of benzene rings is 1. The minimum absolute atomic E-state index is 0.00773.